The van der Waals surface area contributed by atoms with Crippen molar-refractivity contribution in [3.8, 4) is 0 Å². The lowest BCUT2D eigenvalue weighted by atomic mass is 9.71. The second kappa shape index (κ2) is 4.79. The highest BCUT2D eigenvalue weighted by Gasteiger charge is 2.50. The number of alkyl halides is 1. The lowest BCUT2D eigenvalue weighted by Crippen LogP contribution is -2.32. The first-order valence-corrected chi connectivity index (χ1v) is 7.95. The van der Waals surface area contributed by atoms with Gasteiger partial charge < -0.3 is 0 Å². The molecule has 3 atom stereocenters. The Morgan fingerprint density at radius 3 is 2.78 bits per heavy atom. The first-order chi connectivity index (χ1) is 8.63. The fourth-order valence-corrected chi connectivity index (χ4v) is 4.78. The van der Waals surface area contributed by atoms with Crippen LogP contribution in [0.4, 0.5) is 4.39 Å². The smallest absolute Gasteiger partial charge is 0.127 e. The van der Waals surface area contributed by atoms with Gasteiger partial charge in [0.1, 0.15) is 5.82 Å². The van der Waals surface area contributed by atoms with E-state index in [1.807, 2.05) is 12.1 Å². The number of benzene rings is 1. The summed E-state index contributed by atoms with van der Waals surface area (Å²) in [5.74, 6) is 2.12. The van der Waals surface area contributed by atoms with E-state index >= 15 is 0 Å². The molecule has 0 radical (unpaired) electrons. The molecule has 0 aliphatic heterocycles. The van der Waals surface area contributed by atoms with Crippen LogP contribution in [0.3, 0.4) is 0 Å². The van der Waals surface area contributed by atoms with E-state index in [1.165, 1.54) is 25.7 Å². The maximum atomic E-state index is 14.0. The molecule has 0 amide bonds. The maximum absolute atomic E-state index is 14.0. The molecule has 2 aliphatic carbocycles. The van der Waals surface area contributed by atoms with Gasteiger partial charge in [0.25, 0.3) is 0 Å². The highest BCUT2D eigenvalue weighted by atomic mass is 79.9. The van der Waals surface area contributed by atoms with Crippen molar-refractivity contribution in [3.05, 3.63) is 34.1 Å². The Morgan fingerprint density at radius 2 is 2.22 bits per heavy atom. The van der Waals surface area contributed by atoms with Gasteiger partial charge in [0.15, 0.2) is 0 Å². The van der Waals surface area contributed by atoms with Crippen LogP contribution in [-0.4, -0.2) is 5.88 Å². The Hall–Kier alpha value is -0.0800. The number of hydrogen-bond acceptors (Lipinski definition) is 0. The second-order valence-corrected chi connectivity index (χ2v) is 7.17. The van der Waals surface area contributed by atoms with Crippen LogP contribution in [0.5, 0.6) is 0 Å². The van der Waals surface area contributed by atoms with Crippen molar-refractivity contribution in [3.63, 3.8) is 0 Å². The monoisotopic (exact) mass is 330 g/mol. The van der Waals surface area contributed by atoms with Gasteiger partial charge in [-0.3, -0.25) is 0 Å². The molecule has 3 unspecified atom stereocenters. The zero-order valence-electron chi connectivity index (χ0n) is 10.3. The van der Waals surface area contributed by atoms with E-state index in [4.69, 9.17) is 11.6 Å². The summed E-state index contributed by atoms with van der Waals surface area (Å²) in [5.41, 5.74) is 0.977. The Labute approximate surface area is 121 Å². The third-order valence-electron chi connectivity index (χ3n) is 4.93. The van der Waals surface area contributed by atoms with E-state index in [0.29, 0.717) is 11.8 Å². The minimum absolute atomic E-state index is 0.100. The van der Waals surface area contributed by atoms with E-state index < -0.39 is 0 Å². The summed E-state index contributed by atoms with van der Waals surface area (Å²) in [6.45, 7) is 0. The first-order valence-electron chi connectivity index (χ1n) is 6.63. The molecule has 1 aromatic carbocycles. The molecule has 0 spiro atoms. The molecule has 0 N–H and O–H groups in total. The van der Waals surface area contributed by atoms with Gasteiger partial charge in [0.2, 0.25) is 0 Å². The SMILES string of the molecule is Fc1cc(Br)ccc1CC1(CCl)CC2CCC1C2. The first kappa shape index (κ1) is 12.9. The average Bonchev–Trinajstić information content (AvgIpc) is 2.93. The summed E-state index contributed by atoms with van der Waals surface area (Å²) in [7, 11) is 0. The third kappa shape index (κ3) is 2.12. The van der Waals surface area contributed by atoms with Gasteiger partial charge in [-0.25, -0.2) is 4.39 Å². The molecule has 3 rings (SSSR count). The van der Waals surface area contributed by atoms with E-state index in [-0.39, 0.29) is 11.2 Å². The van der Waals surface area contributed by atoms with Crippen LogP contribution in [0.1, 0.15) is 31.2 Å². The summed E-state index contributed by atoms with van der Waals surface area (Å²) < 4.78 is 14.8. The minimum atomic E-state index is -0.100. The molecular weight excluding hydrogens is 315 g/mol. The van der Waals surface area contributed by atoms with Crippen LogP contribution in [0.2, 0.25) is 0 Å². The summed E-state index contributed by atoms with van der Waals surface area (Å²) >= 11 is 9.57. The maximum Gasteiger partial charge on any atom is 0.127 e. The zero-order valence-corrected chi connectivity index (χ0v) is 12.6. The van der Waals surface area contributed by atoms with Crippen molar-refractivity contribution in [2.24, 2.45) is 17.3 Å². The Morgan fingerprint density at radius 1 is 1.39 bits per heavy atom. The minimum Gasteiger partial charge on any atom is -0.207 e. The quantitative estimate of drug-likeness (QED) is 0.670. The third-order valence-corrected chi connectivity index (χ3v) is 5.95. The predicted octanol–water partition coefficient (Wildman–Crippen LogP) is 5.18. The van der Waals surface area contributed by atoms with Crippen molar-refractivity contribution in [1.29, 1.82) is 0 Å². The molecule has 0 aromatic heterocycles. The lowest BCUT2D eigenvalue weighted by Gasteiger charge is -2.36. The summed E-state index contributed by atoms with van der Waals surface area (Å²) in [6.07, 6.45) is 5.94. The topological polar surface area (TPSA) is 0 Å². The average molecular weight is 332 g/mol. The molecule has 2 bridgehead atoms. The standard InChI is InChI=1S/C15H17BrClF/c16-13-4-2-11(14(18)6-13)8-15(9-17)7-10-1-3-12(15)5-10/h2,4,6,10,12H,1,3,5,7-9H2. The van der Waals surface area contributed by atoms with Crippen molar-refractivity contribution in [2.45, 2.75) is 32.1 Å². The van der Waals surface area contributed by atoms with Gasteiger partial charge in [-0.1, -0.05) is 28.4 Å². The number of hydrogen-bond donors (Lipinski definition) is 0. The van der Waals surface area contributed by atoms with Crippen molar-refractivity contribution >= 4 is 27.5 Å². The lowest BCUT2D eigenvalue weighted by molar-refractivity contribution is 0.191. The zero-order chi connectivity index (χ0) is 12.8. The summed E-state index contributed by atoms with van der Waals surface area (Å²) in [5, 5.41) is 0. The largest absolute Gasteiger partial charge is 0.207 e. The molecule has 2 fully saturated rings. The van der Waals surface area contributed by atoms with Crippen molar-refractivity contribution in [1.82, 2.24) is 0 Å². The van der Waals surface area contributed by atoms with E-state index in [0.717, 1.165) is 22.4 Å². The summed E-state index contributed by atoms with van der Waals surface area (Å²) in [6, 6.07) is 5.39. The van der Waals surface area contributed by atoms with Crippen LogP contribution in [0.25, 0.3) is 0 Å². The van der Waals surface area contributed by atoms with Gasteiger partial charge in [-0.15, -0.1) is 11.6 Å². The number of rotatable bonds is 3. The van der Waals surface area contributed by atoms with Gasteiger partial charge >= 0.3 is 0 Å². The molecule has 1 aromatic rings. The van der Waals surface area contributed by atoms with Gasteiger partial charge in [0.05, 0.1) is 0 Å². The Kier molecular flexibility index (Phi) is 3.44. The predicted molar refractivity (Wildman–Crippen MR) is 76.4 cm³/mol. The highest BCUT2D eigenvalue weighted by molar-refractivity contribution is 9.10. The van der Waals surface area contributed by atoms with Gasteiger partial charge in [-0.2, -0.15) is 0 Å². The van der Waals surface area contributed by atoms with Crippen molar-refractivity contribution in [2.75, 3.05) is 5.88 Å². The van der Waals surface area contributed by atoms with E-state index in [1.54, 1.807) is 6.07 Å². The number of halogens is 3. The molecular formula is C15H17BrClF. The molecule has 98 valence electrons. The van der Waals surface area contributed by atoms with Crippen LogP contribution >= 0.6 is 27.5 Å². The molecule has 0 heterocycles. The van der Waals surface area contributed by atoms with Crippen LogP contribution in [0.15, 0.2) is 22.7 Å². The molecule has 0 saturated heterocycles. The normalized spacial score (nSPS) is 34.2. The molecule has 2 saturated carbocycles. The fourth-order valence-electron chi connectivity index (χ4n) is 4.03. The van der Waals surface area contributed by atoms with Gasteiger partial charge in [-0.05, 0) is 60.6 Å². The molecule has 2 aliphatic rings. The van der Waals surface area contributed by atoms with E-state index in [9.17, 15) is 4.39 Å². The summed E-state index contributed by atoms with van der Waals surface area (Å²) in [4.78, 5) is 0. The Balaban J connectivity index is 1.86. The fraction of sp³-hybridized carbons (Fsp3) is 0.600. The molecule has 18 heavy (non-hydrogen) atoms. The number of fused-ring (bicyclic) bond motifs is 2. The van der Waals surface area contributed by atoms with Crippen LogP contribution in [0, 0.1) is 23.1 Å². The molecule has 3 heteroatoms. The van der Waals surface area contributed by atoms with Gasteiger partial charge in [0, 0.05) is 10.4 Å². The van der Waals surface area contributed by atoms with E-state index in [2.05, 4.69) is 15.9 Å². The van der Waals surface area contributed by atoms with Crippen LogP contribution < -0.4 is 0 Å². The molecule has 0 nitrogen and oxygen atoms in total. The highest BCUT2D eigenvalue weighted by Crippen LogP contribution is 2.57. The van der Waals surface area contributed by atoms with Crippen molar-refractivity contribution < 1.29 is 4.39 Å². The van der Waals surface area contributed by atoms with Crippen LogP contribution in [-0.2, 0) is 6.42 Å². The Bertz CT molecular complexity index is 462. The second-order valence-electron chi connectivity index (χ2n) is 5.99.